The molecule has 0 aromatic heterocycles. The average molecular weight is 323 g/mol. The van der Waals surface area contributed by atoms with Gasteiger partial charge in [0.15, 0.2) is 5.75 Å². The van der Waals surface area contributed by atoms with Crippen molar-refractivity contribution < 1.29 is 19.2 Å². The van der Waals surface area contributed by atoms with Gasteiger partial charge in [0.25, 0.3) is 5.91 Å². The van der Waals surface area contributed by atoms with Gasteiger partial charge in [-0.2, -0.15) is 0 Å². The van der Waals surface area contributed by atoms with Crippen LogP contribution >= 0.6 is 0 Å². The van der Waals surface area contributed by atoms with E-state index in [0.717, 1.165) is 6.07 Å². The Balaban J connectivity index is 3.01. The van der Waals surface area contributed by atoms with Crippen molar-refractivity contribution in [3.05, 3.63) is 33.9 Å². The van der Waals surface area contributed by atoms with Crippen LogP contribution in [0.5, 0.6) is 5.75 Å². The Morgan fingerprint density at radius 1 is 1.35 bits per heavy atom. The van der Waals surface area contributed by atoms with E-state index in [1.807, 2.05) is 13.8 Å². The van der Waals surface area contributed by atoms with Crippen molar-refractivity contribution in [2.45, 2.75) is 26.3 Å². The number of ether oxygens (including phenoxy) is 1. The van der Waals surface area contributed by atoms with Gasteiger partial charge in [-0.25, -0.2) is 0 Å². The van der Waals surface area contributed by atoms with E-state index in [4.69, 9.17) is 4.74 Å². The normalized spacial score (nSPS) is 11.7. The highest BCUT2D eigenvalue weighted by atomic mass is 16.6. The fourth-order valence-corrected chi connectivity index (χ4v) is 2.09. The van der Waals surface area contributed by atoms with Crippen LogP contribution in [0.1, 0.15) is 30.6 Å². The summed E-state index contributed by atoms with van der Waals surface area (Å²) in [5.74, 6) is -0.598. The predicted octanol–water partition coefficient (Wildman–Crippen LogP) is 1.49. The fourth-order valence-electron chi connectivity index (χ4n) is 2.09. The van der Waals surface area contributed by atoms with Crippen LogP contribution < -0.4 is 15.4 Å². The fraction of sp³-hybridized carbons (Fsp3) is 0.467. The molecule has 1 atom stereocenters. The first kappa shape index (κ1) is 18.4. The zero-order valence-electron chi connectivity index (χ0n) is 13.6. The Morgan fingerprint density at radius 3 is 2.48 bits per heavy atom. The lowest BCUT2D eigenvalue weighted by Gasteiger charge is -2.19. The molecule has 2 N–H and O–H groups in total. The van der Waals surface area contributed by atoms with Crippen LogP contribution in [0.25, 0.3) is 0 Å². The lowest BCUT2D eigenvalue weighted by molar-refractivity contribution is -0.385. The number of carbonyl (C=O) groups is 2. The number of amides is 2. The summed E-state index contributed by atoms with van der Waals surface area (Å²) in [5.41, 5.74) is -0.212. The van der Waals surface area contributed by atoms with Crippen LogP contribution in [-0.2, 0) is 4.79 Å². The minimum Gasteiger partial charge on any atom is -0.490 e. The average Bonchev–Trinajstić information content (AvgIpc) is 2.52. The van der Waals surface area contributed by atoms with Gasteiger partial charge >= 0.3 is 5.69 Å². The first-order chi connectivity index (χ1) is 10.8. The first-order valence-corrected chi connectivity index (χ1v) is 7.15. The molecule has 126 valence electrons. The Bertz CT molecular complexity index is 601. The largest absolute Gasteiger partial charge is 0.490 e. The van der Waals surface area contributed by atoms with Crippen molar-refractivity contribution in [3.63, 3.8) is 0 Å². The molecule has 1 aromatic rings. The van der Waals surface area contributed by atoms with Gasteiger partial charge in [0.05, 0.1) is 12.0 Å². The summed E-state index contributed by atoms with van der Waals surface area (Å²) >= 11 is 0. The molecule has 0 unspecified atom stereocenters. The van der Waals surface area contributed by atoms with Crippen LogP contribution in [0.15, 0.2) is 18.2 Å². The molecule has 0 heterocycles. The van der Waals surface area contributed by atoms with Crippen LogP contribution in [0.2, 0.25) is 0 Å². The molecule has 23 heavy (non-hydrogen) atoms. The maximum absolute atomic E-state index is 12.3. The first-order valence-electron chi connectivity index (χ1n) is 7.15. The third-order valence-electron chi connectivity index (χ3n) is 3.21. The number of nitrogens with one attached hydrogen (secondary N) is 2. The van der Waals surface area contributed by atoms with Crippen molar-refractivity contribution in [1.29, 1.82) is 0 Å². The van der Waals surface area contributed by atoms with Crippen LogP contribution in [0, 0.1) is 16.0 Å². The zero-order chi connectivity index (χ0) is 17.6. The molecule has 0 spiro atoms. The van der Waals surface area contributed by atoms with E-state index in [9.17, 15) is 19.7 Å². The molecular formula is C15H21N3O5. The van der Waals surface area contributed by atoms with Gasteiger partial charge in [0, 0.05) is 18.7 Å². The summed E-state index contributed by atoms with van der Waals surface area (Å²) in [5, 5.41) is 16.1. The lowest BCUT2D eigenvalue weighted by atomic mass is 10.0. The van der Waals surface area contributed by atoms with Crippen molar-refractivity contribution in [1.82, 2.24) is 10.6 Å². The number of methoxy groups -OCH3 is 1. The second-order valence-corrected chi connectivity index (χ2v) is 5.41. The molecule has 0 aliphatic carbocycles. The molecule has 0 aliphatic heterocycles. The molecule has 0 saturated carbocycles. The minimum absolute atomic E-state index is 0.0663. The van der Waals surface area contributed by atoms with E-state index in [1.165, 1.54) is 26.3 Å². The Kier molecular flexibility index (Phi) is 6.49. The number of nitro groups is 1. The van der Waals surface area contributed by atoms with E-state index in [2.05, 4.69) is 10.6 Å². The number of nitrogens with zero attached hydrogens (tertiary/aromatic N) is 1. The maximum atomic E-state index is 12.3. The molecule has 0 fully saturated rings. The summed E-state index contributed by atoms with van der Waals surface area (Å²) in [6, 6.07) is 3.19. The Hall–Kier alpha value is -2.64. The van der Waals surface area contributed by atoms with E-state index in [0.29, 0.717) is 6.42 Å². The number of hydrogen-bond donors (Lipinski definition) is 2. The minimum atomic E-state index is -0.700. The summed E-state index contributed by atoms with van der Waals surface area (Å²) in [6.45, 7) is 3.86. The topological polar surface area (TPSA) is 111 Å². The zero-order valence-corrected chi connectivity index (χ0v) is 13.6. The van der Waals surface area contributed by atoms with Crippen LogP contribution in [0.3, 0.4) is 0 Å². The monoisotopic (exact) mass is 323 g/mol. The molecule has 0 radical (unpaired) electrons. The van der Waals surface area contributed by atoms with E-state index < -0.39 is 16.9 Å². The van der Waals surface area contributed by atoms with Crippen molar-refractivity contribution >= 4 is 17.5 Å². The number of rotatable bonds is 7. The van der Waals surface area contributed by atoms with Crippen molar-refractivity contribution in [3.8, 4) is 5.75 Å². The summed E-state index contributed by atoms with van der Waals surface area (Å²) in [4.78, 5) is 34.5. The highest BCUT2D eigenvalue weighted by Gasteiger charge is 2.23. The van der Waals surface area contributed by atoms with Gasteiger partial charge in [-0.15, -0.1) is 0 Å². The van der Waals surface area contributed by atoms with E-state index in [-0.39, 0.29) is 28.8 Å². The molecule has 0 bridgehead atoms. The molecule has 0 aliphatic rings. The Labute approximate surface area is 134 Å². The van der Waals surface area contributed by atoms with Gasteiger partial charge in [-0.05, 0) is 24.5 Å². The third-order valence-corrected chi connectivity index (χ3v) is 3.21. The van der Waals surface area contributed by atoms with Crippen molar-refractivity contribution in [2.75, 3.05) is 14.2 Å². The summed E-state index contributed by atoms with van der Waals surface area (Å²) in [6.07, 6.45) is 0.462. The van der Waals surface area contributed by atoms with Crippen LogP contribution in [-0.4, -0.2) is 36.9 Å². The smallest absolute Gasteiger partial charge is 0.311 e. The Morgan fingerprint density at radius 2 is 2.00 bits per heavy atom. The third kappa shape index (κ3) is 4.94. The standard InChI is InChI=1S/C15H21N3O5/c1-9(2)7-11(15(20)16-3)17-14(19)10-5-6-13(23-4)12(8-10)18(21)22/h5-6,8-9,11H,7H2,1-4H3,(H,16,20)(H,17,19)/t11-/m1/s1. The SMILES string of the molecule is CNC(=O)[C@@H](CC(C)C)NC(=O)c1ccc(OC)c([N+](=O)[O-])c1. The summed E-state index contributed by atoms with van der Waals surface area (Å²) < 4.78 is 4.89. The molecule has 2 amide bonds. The highest BCUT2D eigenvalue weighted by molar-refractivity contribution is 5.98. The molecule has 8 nitrogen and oxygen atoms in total. The maximum Gasteiger partial charge on any atom is 0.311 e. The molecule has 1 rings (SSSR count). The number of benzene rings is 1. The van der Waals surface area contributed by atoms with Crippen molar-refractivity contribution in [2.24, 2.45) is 5.92 Å². The molecule has 8 heteroatoms. The van der Waals surface area contributed by atoms with Gasteiger partial charge in [0.1, 0.15) is 6.04 Å². The molecule has 1 aromatic carbocycles. The quantitative estimate of drug-likeness (QED) is 0.583. The number of carbonyl (C=O) groups excluding carboxylic acids is 2. The molecular weight excluding hydrogens is 302 g/mol. The number of hydrogen-bond acceptors (Lipinski definition) is 5. The van der Waals surface area contributed by atoms with Crippen LogP contribution in [0.4, 0.5) is 5.69 Å². The number of nitro benzene ring substituents is 1. The lowest BCUT2D eigenvalue weighted by Crippen LogP contribution is -2.46. The van der Waals surface area contributed by atoms with Gasteiger partial charge in [0.2, 0.25) is 5.91 Å². The van der Waals surface area contributed by atoms with E-state index >= 15 is 0 Å². The second kappa shape index (κ2) is 8.11. The summed E-state index contributed by atoms with van der Waals surface area (Å²) in [7, 11) is 2.80. The van der Waals surface area contributed by atoms with E-state index in [1.54, 1.807) is 0 Å². The van der Waals surface area contributed by atoms with Gasteiger partial charge < -0.3 is 15.4 Å². The number of likely N-dealkylation sites (N-methyl/N-ethyl adjacent to an activating group) is 1. The van der Waals surface area contributed by atoms with Gasteiger partial charge in [-0.3, -0.25) is 19.7 Å². The predicted molar refractivity (Wildman–Crippen MR) is 84.4 cm³/mol. The van der Waals surface area contributed by atoms with Gasteiger partial charge in [-0.1, -0.05) is 13.8 Å². The molecule has 0 saturated heterocycles. The highest BCUT2D eigenvalue weighted by Crippen LogP contribution is 2.27. The second-order valence-electron chi connectivity index (χ2n) is 5.41.